The fourth-order valence-electron chi connectivity index (χ4n) is 3.18. The number of rotatable bonds is 2. The topological polar surface area (TPSA) is 49.4 Å². The van der Waals surface area contributed by atoms with E-state index in [4.69, 9.17) is 0 Å². The molecule has 22 heavy (non-hydrogen) atoms. The van der Waals surface area contributed by atoms with Gasteiger partial charge < -0.3 is 10.2 Å². The van der Waals surface area contributed by atoms with E-state index in [9.17, 15) is 9.59 Å². The Morgan fingerprint density at radius 2 is 2.00 bits per heavy atom. The van der Waals surface area contributed by atoms with Gasteiger partial charge in [-0.25, -0.2) is 0 Å². The van der Waals surface area contributed by atoms with E-state index in [-0.39, 0.29) is 17.1 Å². The molecule has 1 aromatic carbocycles. The monoisotopic (exact) mass is 318 g/mol. The lowest BCUT2D eigenvalue weighted by molar-refractivity contribution is -0.115. The van der Waals surface area contributed by atoms with Gasteiger partial charge in [0, 0.05) is 23.5 Å². The molecule has 0 bridgehead atoms. The van der Waals surface area contributed by atoms with Crippen molar-refractivity contribution in [2.75, 3.05) is 12.4 Å². The van der Waals surface area contributed by atoms with Crippen molar-refractivity contribution in [3.05, 3.63) is 23.8 Å². The molecule has 0 unspecified atom stereocenters. The number of carbonyl (C=O) groups excluding carboxylic acids is 2. The van der Waals surface area contributed by atoms with Gasteiger partial charge in [-0.05, 0) is 38.0 Å². The smallest absolute Gasteiger partial charge is 0.253 e. The maximum Gasteiger partial charge on any atom is 0.253 e. The number of hydrogen-bond donors (Lipinski definition) is 1. The third kappa shape index (κ3) is 3.00. The van der Waals surface area contributed by atoms with Gasteiger partial charge >= 0.3 is 0 Å². The molecule has 0 spiro atoms. The lowest BCUT2D eigenvalue weighted by Crippen LogP contribution is -2.38. The van der Waals surface area contributed by atoms with Crippen molar-refractivity contribution >= 4 is 29.3 Å². The van der Waals surface area contributed by atoms with Gasteiger partial charge in [-0.15, -0.1) is 11.8 Å². The highest BCUT2D eigenvalue weighted by Crippen LogP contribution is 2.36. The standard InChI is InChI=1S/C17H22N2O2S/c1-11-16(20)18-14-10-12(8-9-15(14)22-11)17(21)19(2)13-6-4-3-5-7-13/h8-11,13H,3-7H2,1-2H3,(H,18,20)/t11-/m1/s1. The molecular weight excluding hydrogens is 296 g/mol. The summed E-state index contributed by atoms with van der Waals surface area (Å²) < 4.78 is 0. The number of amides is 2. The lowest BCUT2D eigenvalue weighted by Gasteiger charge is -2.31. The van der Waals surface area contributed by atoms with Crippen LogP contribution >= 0.6 is 11.8 Å². The summed E-state index contributed by atoms with van der Waals surface area (Å²) in [5.74, 6) is 0.0512. The third-order valence-corrected chi connectivity index (χ3v) is 5.78. The van der Waals surface area contributed by atoms with Crippen LogP contribution in [0.1, 0.15) is 49.4 Å². The Kier molecular flexibility index (Phi) is 4.43. The van der Waals surface area contributed by atoms with Crippen LogP contribution in [0.25, 0.3) is 0 Å². The summed E-state index contributed by atoms with van der Waals surface area (Å²) in [6.07, 6.45) is 5.88. The Hall–Kier alpha value is -1.49. The normalized spacial score (nSPS) is 21.9. The lowest BCUT2D eigenvalue weighted by atomic mass is 9.94. The number of benzene rings is 1. The van der Waals surface area contributed by atoms with Crippen molar-refractivity contribution in [3.63, 3.8) is 0 Å². The highest BCUT2D eigenvalue weighted by atomic mass is 32.2. The first kappa shape index (κ1) is 15.4. The number of nitrogens with one attached hydrogen (secondary N) is 1. The van der Waals surface area contributed by atoms with Gasteiger partial charge in [0.05, 0.1) is 10.9 Å². The Morgan fingerprint density at radius 1 is 1.27 bits per heavy atom. The molecule has 4 nitrogen and oxygen atoms in total. The molecule has 1 aliphatic carbocycles. The minimum absolute atomic E-state index is 0.00253. The third-order valence-electron chi connectivity index (χ3n) is 4.60. The molecule has 1 atom stereocenters. The van der Waals surface area contributed by atoms with E-state index >= 15 is 0 Å². The largest absolute Gasteiger partial charge is 0.339 e. The van der Waals surface area contributed by atoms with Crippen molar-refractivity contribution in [1.82, 2.24) is 4.90 Å². The van der Waals surface area contributed by atoms with Gasteiger partial charge in [0.25, 0.3) is 5.91 Å². The molecule has 2 amide bonds. The second-order valence-corrected chi connectivity index (χ2v) is 7.55. The maximum absolute atomic E-state index is 12.7. The van der Waals surface area contributed by atoms with Crippen molar-refractivity contribution in [3.8, 4) is 0 Å². The highest BCUT2D eigenvalue weighted by molar-refractivity contribution is 8.00. The molecule has 1 aromatic rings. The molecule has 1 N–H and O–H groups in total. The van der Waals surface area contributed by atoms with E-state index in [1.165, 1.54) is 31.0 Å². The Balaban J connectivity index is 1.78. The quantitative estimate of drug-likeness (QED) is 0.907. The molecule has 0 saturated heterocycles. The molecule has 0 aromatic heterocycles. The summed E-state index contributed by atoms with van der Waals surface area (Å²) in [5.41, 5.74) is 1.42. The number of thioether (sulfide) groups is 1. The minimum atomic E-state index is -0.0843. The maximum atomic E-state index is 12.7. The number of hydrogen-bond acceptors (Lipinski definition) is 3. The predicted octanol–water partition coefficient (Wildman–Crippen LogP) is 3.52. The second-order valence-electron chi connectivity index (χ2n) is 6.17. The van der Waals surface area contributed by atoms with E-state index in [0.29, 0.717) is 11.6 Å². The number of carbonyl (C=O) groups is 2. The summed E-state index contributed by atoms with van der Waals surface area (Å²) in [7, 11) is 1.90. The second kappa shape index (κ2) is 6.32. The Morgan fingerprint density at radius 3 is 2.73 bits per heavy atom. The summed E-state index contributed by atoms with van der Waals surface area (Å²) in [6.45, 7) is 1.89. The Labute approximate surface area is 135 Å². The van der Waals surface area contributed by atoms with E-state index in [2.05, 4.69) is 5.32 Å². The van der Waals surface area contributed by atoms with Crippen LogP contribution in [-0.2, 0) is 4.79 Å². The fourth-order valence-corrected chi connectivity index (χ4v) is 4.11. The first-order valence-electron chi connectivity index (χ1n) is 7.95. The van der Waals surface area contributed by atoms with Crippen molar-refractivity contribution in [2.24, 2.45) is 0 Å². The van der Waals surface area contributed by atoms with Crippen LogP contribution < -0.4 is 5.32 Å². The fraction of sp³-hybridized carbons (Fsp3) is 0.529. The van der Waals surface area contributed by atoms with Gasteiger partial charge in [-0.1, -0.05) is 19.3 Å². The molecule has 3 rings (SSSR count). The summed E-state index contributed by atoms with van der Waals surface area (Å²) in [5, 5.41) is 2.81. The van der Waals surface area contributed by atoms with Crippen LogP contribution in [0.5, 0.6) is 0 Å². The zero-order chi connectivity index (χ0) is 15.7. The van der Waals surface area contributed by atoms with E-state index in [1.54, 1.807) is 0 Å². The van der Waals surface area contributed by atoms with Crippen LogP contribution in [0, 0.1) is 0 Å². The molecular formula is C17H22N2O2S. The van der Waals surface area contributed by atoms with E-state index in [1.807, 2.05) is 37.1 Å². The van der Waals surface area contributed by atoms with Crippen LogP contribution in [0.3, 0.4) is 0 Å². The van der Waals surface area contributed by atoms with Gasteiger partial charge in [-0.3, -0.25) is 9.59 Å². The van der Waals surface area contributed by atoms with Crippen LogP contribution in [0.2, 0.25) is 0 Å². The van der Waals surface area contributed by atoms with Gasteiger partial charge in [-0.2, -0.15) is 0 Å². The van der Waals surface area contributed by atoms with Gasteiger partial charge in [0.15, 0.2) is 0 Å². The van der Waals surface area contributed by atoms with E-state index in [0.717, 1.165) is 23.4 Å². The zero-order valence-corrected chi connectivity index (χ0v) is 13.9. The number of nitrogens with zero attached hydrogens (tertiary/aromatic N) is 1. The summed E-state index contributed by atoms with van der Waals surface area (Å²) in [6, 6.07) is 5.98. The SMILES string of the molecule is C[C@H]1Sc2ccc(C(=O)N(C)C3CCCCC3)cc2NC1=O. The van der Waals surface area contributed by atoms with Crippen LogP contribution in [0.4, 0.5) is 5.69 Å². The summed E-state index contributed by atoms with van der Waals surface area (Å²) >= 11 is 1.54. The van der Waals surface area contributed by atoms with Crippen LogP contribution in [-0.4, -0.2) is 35.1 Å². The highest BCUT2D eigenvalue weighted by Gasteiger charge is 2.26. The average Bonchev–Trinajstić information content (AvgIpc) is 2.55. The predicted molar refractivity (Wildman–Crippen MR) is 89.4 cm³/mol. The first-order chi connectivity index (χ1) is 10.6. The van der Waals surface area contributed by atoms with Crippen molar-refractivity contribution in [1.29, 1.82) is 0 Å². The van der Waals surface area contributed by atoms with Crippen molar-refractivity contribution in [2.45, 2.75) is 55.2 Å². The molecule has 1 saturated carbocycles. The molecule has 118 valence electrons. The first-order valence-corrected chi connectivity index (χ1v) is 8.83. The van der Waals surface area contributed by atoms with Crippen LogP contribution in [0.15, 0.2) is 23.1 Å². The molecule has 1 aliphatic heterocycles. The zero-order valence-electron chi connectivity index (χ0n) is 13.1. The number of anilines is 1. The van der Waals surface area contributed by atoms with Crippen molar-refractivity contribution < 1.29 is 9.59 Å². The molecule has 0 radical (unpaired) electrons. The summed E-state index contributed by atoms with van der Waals surface area (Å²) in [4.78, 5) is 27.4. The Bertz CT molecular complexity index is 596. The van der Waals surface area contributed by atoms with E-state index < -0.39 is 0 Å². The molecule has 5 heteroatoms. The average molecular weight is 318 g/mol. The molecule has 2 aliphatic rings. The van der Waals surface area contributed by atoms with Gasteiger partial charge in [0.2, 0.25) is 5.91 Å². The molecule has 1 heterocycles. The molecule has 1 fully saturated rings. The number of fused-ring (bicyclic) bond motifs is 1. The van der Waals surface area contributed by atoms with Gasteiger partial charge in [0.1, 0.15) is 0 Å². The minimum Gasteiger partial charge on any atom is -0.339 e.